The van der Waals surface area contributed by atoms with Gasteiger partial charge in [-0.3, -0.25) is 0 Å². The van der Waals surface area contributed by atoms with Crippen molar-refractivity contribution in [2.45, 2.75) is 26.8 Å². The van der Waals surface area contributed by atoms with E-state index in [-0.39, 0.29) is 11.9 Å². The lowest BCUT2D eigenvalue weighted by Crippen LogP contribution is -2.08. The Balaban J connectivity index is 2.27. The summed E-state index contributed by atoms with van der Waals surface area (Å²) >= 11 is 7.12. The zero-order valence-electron chi connectivity index (χ0n) is 11.6. The normalized spacial score (nSPS) is 12.3. The van der Waals surface area contributed by atoms with Gasteiger partial charge < -0.3 is 5.32 Å². The fourth-order valence-corrected chi connectivity index (χ4v) is 3.66. The summed E-state index contributed by atoms with van der Waals surface area (Å²) in [6, 6.07) is 9.46. The van der Waals surface area contributed by atoms with Crippen molar-refractivity contribution in [3.63, 3.8) is 0 Å². The lowest BCUT2D eigenvalue weighted by Gasteiger charge is -2.19. The Hall–Kier alpha value is -0.870. The molecule has 2 aromatic carbocycles. The summed E-state index contributed by atoms with van der Waals surface area (Å²) in [4.78, 5) is 0. The molecule has 0 aliphatic heterocycles. The summed E-state index contributed by atoms with van der Waals surface area (Å²) in [6.45, 7) is 5.82. The van der Waals surface area contributed by atoms with E-state index in [1.807, 2.05) is 26.0 Å². The monoisotopic (exact) mass is 399 g/mol. The number of hydrogen-bond acceptors (Lipinski definition) is 1. The van der Waals surface area contributed by atoms with Crippen LogP contribution in [0.3, 0.4) is 0 Å². The lowest BCUT2D eigenvalue weighted by atomic mass is 10.1. The molecule has 0 aliphatic rings. The molecular formula is C16H16Br2FN. The summed E-state index contributed by atoms with van der Waals surface area (Å²) in [7, 11) is 0. The van der Waals surface area contributed by atoms with Crippen molar-refractivity contribution in [1.29, 1.82) is 0 Å². The molecule has 1 atom stereocenters. The highest BCUT2D eigenvalue weighted by molar-refractivity contribution is 9.11. The summed E-state index contributed by atoms with van der Waals surface area (Å²) in [5, 5.41) is 3.41. The molecule has 0 fully saturated rings. The fraction of sp³-hybridized carbons (Fsp3) is 0.250. The average molecular weight is 401 g/mol. The minimum Gasteiger partial charge on any atom is -0.377 e. The summed E-state index contributed by atoms with van der Waals surface area (Å²) < 4.78 is 15.6. The summed E-state index contributed by atoms with van der Waals surface area (Å²) in [6.07, 6.45) is 0. The first kappa shape index (κ1) is 15.5. The van der Waals surface area contributed by atoms with Crippen LogP contribution in [0.1, 0.15) is 29.7 Å². The molecule has 0 spiro atoms. The van der Waals surface area contributed by atoms with Gasteiger partial charge in [0.05, 0.1) is 5.69 Å². The number of nitrogens with one attached hydrogen (secondary N) is 1. The Kier molecular flexibility index (Phi) is 4.86. The number of halogens is 3. The first-order chi connectivity index (χ1) is 9.38. The van der Waals surface area contributed by atoms with Crippen molar-refractivity contribution in [2.75, 3.05) is 5.32 Å². The molecule has 2 rings (SSSR count). The second-order valence-electron chi connectivity index (χ2n) is 4.98. The van der Waals surface area contributed by atoms with Crippen LogP contribution in [0.4, 0.5) is 10.1 Å². The zero-order valence-corrected chi connectivity index (χ0v) is 14.8. The third kappa shape index (κ3) is 3.41. The van der Waals surface area contributed by atoms with Crippen LogP contribution >= 0.6 is 31.9 Å². The van der Waals surface area contributed by atoms with E-state index in [4.69, 9.17) is 0 Å². The number of aryl methyl sites for hydroxylation is 2. The number of rotatable bonds is 3. The van der Waals surface area contributed by atoms with Crippen molar-refractivity contribution in [2.24, 2.45) is 0 Å². The summed E-state index contributed by atoms with van der Waals surface area (Å²) in [5.74, 6) is -0.168. The smallest absolute Gasteiger partial charge is 0.126 e. The predicted octanol–water partition coefficient (Wildman–Crippen LogP) is 6.14. The molecule has 0 aromatic heterocycles. The van der Waals surface area contributed by atoms with Gasteiger partial charge in [-0.2, -0.15) is 0 Å². The van der Waals surface area contributed by atoms with Gasteiger partial charge in [-0.05, 0) is 87.5 Å². The van der Waals surface area contributed by atoms with E-state index in [2.05, 4.69) is 49.3 Å². The molecule has 20 heavy (non-hydrogen) atoms. The highest BCUT2D eigenvalue weighted by Gasteiger charge is 2.12. The molecule has 4 heteroatoms. The molecule has 1 nitrogen and oxygen atoms in total. The van der Waals surface area contributed by atoms with Crippen LogP contribution in [0.2, 0.25) is 0 Å². The van der Waals surface area contributed by atoms with Crippen LogP contribution < -0.4 is 5.32 Å². The van der Waals surface area contributed by atoms with Crippen molar-refractivity contribution < 1.29 is 4.39 Å². The van der Waals surface area contributed by atoms with Gasteiger partial charge in [-0.15, -0.1) is 0 Å². The van der Waals surface area contributed by atoms with Gasteiger partial charge >= 0.3 is 0 Å². The lowest BCUT2D eigenvalue weighted by molar-refractivity contribution is 0.614. The molecule has 0 amide bonds. The maximum Gasteiger partial charge on any atom is 0.126 e. The van der Waals surface area contributed by atoms with Gasteiger partial charge in [-0.1, -0.05) is 12.1 Å². The predicted molar refractivity (Wildman–Crippen MR) is 89.8 cm³/mol. The Morgan fingerprint density at radius 2 is 1.65 bits per heavy atom. The molecule has 0 radical (unpaired) electrons. The van der Waals surface area contributed by atoms with Gasteiger partial charge in [-0.25, -0.2) is 4.39 Å². The first-order valence-electron chi connectivity index (χ1n) is 6.36. The Morgan fingerprint density at radius 3 is 2.20 bits per heavy atom. The number of hydrogen-bond donors (Lipinski definition) is 1. The highest BCUT2D eigenvalue weighted by Crippen LogP contribution is 2.34. The summed E-state index contributed by atoms with van der Waals surface area (Å²) in [5.41, 5.74) is 3.73. The number of anilines is 1. The zero-order chi connectivity index (χ0) is 14.9. The molecule has 2 aromatic rings. The van der Waals surface area contributed by atoms with Crippen LogP contribution in [-0.2, 0) is 0 Å². The molecular weight excluding hydrogens is 385 g/mol. The second-order valence-corrected chi connectivity index (χ2v) is 6.69. The molecule has 0 bridgehead atoms. The Morgan fingerprint density at radius 1 is 1.05 bits per heavy atom. The Bertz CT molecular complexity index is 617. The van der Waals surface area contributed by atoms with Gasteiger partial charge in [0, 0.05) is 15.0 Å². The molecule has 0 saturated heterocycles. The van der Waals surface area contributed by atoms with E-state index in [0.717, 1.165) is 20.2 Å². The highest BCUT2D eigenvalue weighted by atomic mass is 79.9. The van der Waals surface area contributed by atoms with E-state index in [0.29, 0.717) is 5.56 Å². The van der Waals surface area contributed by atoms with Gasteiger partial charge in [0.1, 0.15) is 5.82 Å². The third-order valence-corrected chi connectivity index (χ3v) is 4.49. The molecule has 1 N–H and O–H groups in total. The van der Waals surface area contributed by atoms with Crippen LogP contribution in [0, 0.1) is 19.7 Å². The molecule has 0 saturated carbocycles. The molecule has 0 heterocycles. The maximum atomic E-state index is 13.6. The van der Waals surface area contributed by atoms with Crippen molar-refractivity contribution in [3.05, 3.63) is 61.8 Å². The molecule has 1 unspecified atom stereocenters. The number of benzene rings is 2. The largest absolute Gasteiger partial charge is 0.377 e. The minimum absolute atomic E-state index is 0.0143. The van der Waals surface area contributed by atoms with Crippen LogP contribution in [0.5, 0.6) is 0 Å². The SMILES string of the molecule is Cc1cc(Br)c(NC(C)c2ccc(C)c(F)c2)c(Br)c1. The van der Waals surface area contributed by atoms with E-state index in [1.165, 1.54) is 5.56 Å². The Labute approximate surface area is 135 Å². The first-order valence-corrected chi connectivity index (χ1v) is 7.95. The average Bonchev–Trinajstić information content (AvgIpc) is 2.36. The maximum absolute atomic E-state index is 13.6. The van der Waals surface area contributed by atoms with E-state index >= 15 is 0 Å². The van der Waals surface area contributed by atoms with Gasteiger partial charge in [0.2, 0.25) is 0 Å². The van der Waals surface area contributed by atoms with Crippen LogP contribution in [0.15, 0.2) is 39.3 Å². The van der Waals surface area contributed by atoms with Crippen LogP contribution in [-0.4, -0.2) is 0 Å². The van der Waals surface area contributed by atoms with Crippen molar-refractivity contribution in [1.82, 2.24) is 0 Å². The molecule has 106 valence electrons. The van der Waals surface area contributed by atoms with Gasteiger partial charge in [0.15, 0.2) is 0 Å². The standard InChI is InChI=1S/C16H16Br2FN/c1-9-6-13(17)16(14(18)7-9)20-11(3)12-5-4-10(2)15(19)8-12/h4-8,11,20H,1-3H3. The van der Waals surface area contributed by atoms with E-state index in [9.17, 15) is 4.39 Å². The topological polar surface area (TPSA) is 12.0 Å². The van der Waals surface area contributed by atoms with E-state index in [1.54, 1.807) is 13.0 Å². The van der Waals surface area contributed by atoms with E-state index < -0.39 is 0 Å². The van der Waals surface area contributed by atoms with Crippen LogP contribution in [0.25, 0.3) is 0 Å². The second kappa shape index (κ2) is 6.27. The minimum atomic E-state index is -0.168. The molecule has 0 aliphatic carbocycles. The van der Waals surface area contributed by atoms with Crippen molar-refractivity contribution >= 4 is 37.5 Å². The van der Waals surface area contributed by atoms with Crippen molar-refractivity contribution in [3.8, 4) is 0 Å². The fourth-order valence-electron chi connectivity index (χ4n) is 2.02. The third-order valence-electron chi connectivity index (χ3n) is 3.24. The quantitative estimate of drug-likeness (QED) is 0.652. The van der Waals surface area contributed by atoms with Gasteiger partial charge in [0.25, 0.3) is 0 Å².